The van der Waals surface area contributed by atoms with E-state index in [0.717, 1.165) is 36.2 Å². The molecule has 7 heteroatoms. The Balaban J connectivity index is 1.81. The molecule has 170 valence electrons. The van der Waals surface area contributed by atoms with E-state index in [9.17, 15) is 4.79 Å². The van der Waals surface area contributed by atoms with E-state index in [1.54, 1.807) is 29.2 Å². The molecule has 0 aliphatic carbocycles. The van der Waals surface area contributed by atoms with Crippen molar-refractivity contribution in [3.05, 3.63) is 82.3 Å². The lowest BCUT2D eigenvalue weighted by molar-refractivity contribution is 0.256. The van der Waals surface area contributed by atoms with Gasteiger partial charge in [0.25, 0.3) is 0 Å². The Hall–Kier alpha value is -3.04. The number of hydrogen-bond donors (Lipinski definition) is 1. The predicted molar refractivity (Wildman–Crippen MR) is 137 cm³/mol. The Labute approximate surface area is 205 Å². The normalized spacial score (nSPS) is 10.7. The van der Waals surface area contributed by atoms with E-state index in [2.05, 4.69) is 16.3 Å². The minimum atomic E-state index is -0.252. The number of anilines is 2. The van der Waals surface area contributed by atoms with E-state index >= 15 is 0 Å². The zero-order valence-electron chi connectivity index (χ0n) is 18.7. The SMILES string of the molecule is CN(C)CCCCN(C(=O)Nc1cc(Cl)cc(Cl)c1)c1ccc(-c2cccc(C#N)c2)cc1. The summed E-state index contributed by atoms with van der Waals surface area (Å²) in [6.45, 7) is 1.52. The second-order valence-corrected chi connectivity index (χ2v) is 8.86. The lowest BCUT2D eigenvalue weighted by Crippen LogP contribution is -2.36. The summed E-state index contributed by atoms with van der Waals surface area (Å²) in [5, 5.41) is 13.0. The van der Waals surface area contributed by atoms with Crippen molar-refractivity contribution < 1.29 is 4.79 Å². The topological polar surface area (TPSA) is 59.4 Å². The second kappa shape index (κ2) is 11.7. The minimum absolute atomic E-state index is 0.252. The average molecular weight is 481 g/mol. The highest BCUT2D eigenvalue weighted by Gasteiger charge is 2.16. The molecule has 1 N–H and O–H groups in total. The maximum atomic E-state index is 13.2. The first-order chi connectivity index (χ1) is 15.9. The molecule has 3 aromatic carbocycles. The fourth-order valence-electron chi connectivity index (χ4n) is 3.46. The molecule has 0 aliphatic rings. The van der Waals surface area contributed by atoms with Gasteiger partial charge in [0.2, 0.25) is 0 Å². The minimum Gasteiger partial charge on any atom is -0.309 e. The van der Waals surface area contributed by atoms with Crippen molar-refractivity contribution in [2.75, 3.05) is 37.4 Å². The van der Waals surface area contributed by atoms with E-state index < -0.39 is 0 Å². The third kappa shape index (κ3) is 7.23. The van der Waals surface area contributed by atoms with Gasteiger partial charge in [0.15, 0.2) is 0 Å². The molecule has 0 saturated carbocycles. The van der Waals surface area contributed by atoms with Crippen molar-refractivity contribution in [3.63, 3.8) is 0 Å². The number of amides is 2. The standard InChI is InChI=1S/C26H26Cl2N4O/c1-31(2)12-3-4-13-32(26(33)30-24-16-22(27)15-23(28)17-24)25-10-8-20(9-11-25)21-7-5-6-19(14-21)18-29/h5-11,14-17H,3-4,12-13H2,1-2H3,(H,30,33). The highest BCUT2D eigenvalue weighted by molar-refractivity contribution is 6.35. The number of carbonyl (C=O) groups excluding carboxylic acids is 1. The Bertz CT molecular complexity index is 1120. The highest BCUT2D eigenvalue weighted by Crippen LogP contribution is 2.26. The third-order valence-electron chi connectivity index (χ3n) is 5.10. The van der Waals surface area contributed by atoms with Gasteiger partial charge in [-0.1, -0.05) is 47.5 Å². The van der Waals surface area contributed by atoms with Crippen LogP contribution >= 0.6 is 23.2 Å². The summed E-state index contributed by atoms with van der Waals surface area (Å²) in [7, 11) is 4.07. The molecule has 0 spiro atoms. The number of unbranched alkanes of at least 4 members (excludes halogenated alkanes) is 1. The van der Waals surface area contributed by atoms with Crippen LogP contribution in [0.3, 0.4) is 0 Å². The van der Waals surface area contributed by atoms with Gasteiger partial charge in [-0.15, -0.1) is 0 Å². The lowest BCUT2D eigenvalue weighted by Gasteiger charge is -2.24. The number of carbonyl (C=O) groups is 1. The smallest absolute Gasteiger partial charge is 0.309 e. The molecule has 0 atom stereocenters. The van der Waals surface area contributed by atoms with Crippen molar-refractivity contribution in [1.29, 1.82) is 5.26 Å². The Morgan fingerprint density at radius 3 is 2.21 bits per heavy atom. The molecule has 2 amide bonds. The number of nitrogens with zero attached hydrogens (tertiary/aromatic N) is 3. The summed E-state index contributed by atoms with van der Waals surface area (Å²) in [5.74, 6) is 0. The van der Waals surface area contributed by atoms with Gasteiger partial charge in [-0.3, -0.25) is 4.90 Å². The number of urea groups is 1. The van der Waals surface area contributed by atoms with Gasteiger partial charge in [0.1, 0.15) is 0 Å². The van der Waals surface area contributed by atoms with E-state index in [0.29, 0.717) is 27.8 Å². The predicted octanol–water partition coefficient (Wildman–Crippen LogP) is 6.91. The van der Waals surface area contributed by atoms with Crippen LogP contribution in [0.4, 0.5) is 16.2 Å². The van der Waals surface area contributed by atoms with E-state index in [1.807, 2.05) is 56.6 Å². The van der Waals surface area contributed by atoms with Gasteiger partial charge in [-0.05, 0) is 87.1 Å². The monoisotopic (exact) mass is 480 g/mol. The summed E-state index contributed by atoms with van der Waals surface area (Å²) in [4.78, 5) is 17.0. The molecular weight excluding hydrogens is 455 g/mol. The van der Waals surface area contributed by atoms with Crippen LogP contribution in [0.1, 0.15) is 18.4 Å². The van der Waals surface area contributed by atoms with Gasteiger partial charge in [0, 0.05) is 28.0 Å². The van der Waals surface area contributed by atoms with E-state index in [4.69, 9.17) is 28.5 Å². The fraction of sp³-hybridized carbons (Fsp3) is 0.231. The number of halogens is 2. The summed E-state index contributed by atoms with van der Waals surface area (Å²) in [5.41, 5.74) is 3.87. The summed E-state index contributed by atoms with van der Waals surface area (Å²) in [6, 6.07) is 22.1. The molecule has 3 aromatic rings. The molecule has 33 heavy (non-hydrogen) atoms. The molecule has 3 rings (SSSR count). The van der Waals surface area contributed by atoms with Crippen LogP contribution < -0.4 is 10.2 Å². The van der Waals surface area contributed by atoms with E-state index in [-0.39, 0.29) is 6.03 Å². The summed E-state index contributed by atoms with van der Waals surface area (Å²) < 4.78 is 0. The van der Waals surface area contributed by atoms with Gasteiger partial charge >= 0.3 is 6.03 Å². The number of nitrogens with one attached hydrogen (secondary N) is 1. The first-order valence-corrected chi connectivity index (χ1v) is 11.4. The number of rotatable bonds is 8. The van der Waals surface area contributed by atoms with Gasteiger partial charge < -0.3 is 10.2 Å². The van der Waals surface area contributed by atoms with Crippen LogP contribution in [0.15, 0.2) is 66.7 Å². The van der Waals surface area contributed by atoms with Crippen LogP contribution in [-0.2, 0) is 0 Å². The van der Waals surface area contributed by atoms with Crippen LogP contribution in [0.25, 0.3) is 11.1 Å². The molecule has 0 aliphatic heterocycles. The molecular formula is C26H26Cl2N4O. The zero-order valence-corrected chi connectivity index (χ0v) is 20.2. The van der Waals surface area contributed by atoms with Crippen molar-refractivity contribution in [2.24, 2.45) is 0 Å². The Morgan fingerprint density at radius 1 is 0.909 bits per heavy atom. The van der Waals surface area contributed by atoms with Crippen molar-refractivity contribution >= 4 is 40.6 Å². The molecule has 0 heterocycles. The van der Waals surface area contributed by atoms with Crippen molar-refractivity contribution in [3.8, 4) is 17.2 Å². The molecule has 0 fully saturated rings. The number of benzene rings is 3. The number of hydrogen-bond acceptors (Lipinski definition) is 3. The molecule has 0 unspecified atom stereocenters. The third-order valence-corrected chi connectivity index (χ3v) is 5.54. The first kappa shape index (κ1) is 24.6. The van der Waals surface area contributed by atoms with Crippen molar-refractivity contribution in [2.45, 2.75) is 12.8 Å². The fourth-order valence-corrected chi connectivity index (χ4v) is 3.99. The molecule has 0 aromatic heterocycles. The van der Waals surface area contributed by atoms with Crippen LogP contribution in [0.2, 0.25) is 10.0 Å². The molecule has 0 bridgehead atoms. The van der Waals surface area contributed by atoms with Gasteiger partial charge in [0.05, 0.1) is 11.6 Å². The van der Waals surface area contributed by atoms with Crippen molar-refractivity contribution in [1.82, 2.24) is 4.90 Å². The quantitative estimate of drug-likeness (QED) is 0.356. The molecule has 0 radical (unpaired) electrons. The maximum Gasteiger partial charge on any atom is 0.326 e. The second-order valence-electron chi connectivity index (χ2n) is 7.99. The first-order valence-electron chi connectivity index (χ1n) is 10.7. The van der Waals surface area contributed by atoms with Gasteiger partial charge in [-0.25, -0.2) is 4.79 Å². The maximum absolute atomic E-state index is 13.2. The number of nitriles is 1. The van der Waals surface area contributed by atoms with Crippen LogP contribution in [0, 0.1) is 11.3 Å². The largest absolute Gasteiger partial charge is 0.326 e. The lowest BCUT2D eigenvalue weighted by atomic mass is 10.0. The summed E-state index contributed by atoms with van der Waals surface area (Å²) >= 11 is 12.2. The van der Waals surface area contributed by atoms with E-state index in [1.165, 1.54) is 0 Å². The highest BCUT2D eigenvalue weighted by atomic mass is 35.5. The molecule has 5 nitrogen and oxygen atoms in total. The average Bonchev–Trinajstić information content (AvgIpc) is 2.78. The summed E-state index contributed by atoms with van der Waals surface area (Å²) in [6.07, 6.45) is 1.83. The van der Waals surface area contributed by atoms with Crippen LogP contribution in [0.5, 0.6) is 0 Å². The molecule has 0 saturated heterocycles. The van der Waals surface area contributed by atoms with Gasteiger partial charge in [-0.2, -0.15) is 5.26 Å². The Kier molecular flexibility index (Phi) is 8.73. The Morgan fingerprint density at radius 2 is 1.58 bits per heavy atom. The zero-order chi connectivity index (χ0) is 23.8. The van der Waals surface area contributed by atoms with Crippen LogP contribution in [-0.4, -0.2) is 38.1 Å².